The fourth-order valence-corrected chi connectivity index (χ4v) is 3.01. The average Bonchev–Trinajstić information content (AvgIpc) is 2.67. The predicted molar refractivity (Wildman–Crippen MR) is 110 cm³/mol. The highest BCUT2D eigenvalue weighted by atomic mass is 19.1. The SMILES string of the molecule is CC(C)(O)CCOc1ccc(N2CCC(OCc3ccc(F)cc3)=CC2O)cc1. The van der Waals surface area contributed by atoms with Crippen LogP contribution in [0.2, 0.25) is 0 Å². The zero-order chi connectivity index (χ0) is 20.9. The van der Waals surface area contributed by atoms with Crippen molar-refractivity contribution in [1.29, 1.82) is 0 Å². The number of ether oxygens (including phenoxy) is 2. The Kier molecular flexibility index (Phi) is 6.77. The molecule has 2 N–H and O–H groups in total. The first-order valence-electron chi connectivity index (χ1n) is 9.78. The number of hydrogen-bond donors (Lipinski definition) is 2. The lowest BCUT2D eigenvalue weighted by molar-refractivity contribution is 0.0553. The largest absolute Gasteiger partial charge is 0.493 e. The van der Waals surface area contributed by atoms with Crippen molar-refractivity contribution in [2.45, 2.75) is 45.1 Å². The van der Waals surface area contributed by atoms with E-state index in [-0.39, 0.29) is 5.82 Å². The van der Waals surface area contributed by atoms with E-state index in [0.29, 0.717) is 32.6 Å². The van der Waals surface area contributed by atoms with Crippen LogP contribution in [0.3, 0.4) is 0 Å². The number of halogens is 1. The minimum atomic E-state index is -0.783. The van der Waals surface area contributed by atoms with Gasteiger partial charge in [0.1, 0.15) is 24.4 Å². The molecule has 0 saturated heterocycles. The number of hydrogen-bond acceptors (Lipinski definition) is 5. The van der Waals surface area contributed by atoms with Crippen molar-refractivity contribution < 1.29 is 24.1 Å². The van der Waals surface area contributed by atoms with Crippen LogP contribution < -0.4 is 9.64 Å². The predicted octanol–water partition coefficient (Wildman–Crippen LogP) is 3.99. The van der Waals surface area contributed by atoms with Gasteiger partial charge in [-0.1, -0.05) is 12.1 Å². The zero-order valence-electron chi connectivity index (χ0n) is 16.8. The topological polar surface area (TPSA) is 62.2 Å². The minimum absolute atomic E-state index is 0.273. The third-order valence-corrected chi connectivity index (χ3v) is 4.74. The number of anilines is 1. The Morgan fingerprint density at radius 3 is 2.38 bits per heavy atom. The third-order valence-electron chi connectivity index (χ3n) is 4.74. The molecule has 0 saturated carbocycles. The Hall–Kier alpha value is -2.57. The van der Waals surface area contributed by atoms with Crippen LogP contribution >= 0.6 is 0 Å². The first-order chi connectivity index (χ1) is 13.8. The molecule has 3 rings (SSSR count). The van der Waals surface area contributed by atoms with Crippen molar-refractivity contribution in [3.8, 4) is 5.75 Å². The quantitative estimate of drug-likeness (QED) is 0.700. The third kappa shape index (κ3) is 6.48. The van der Waals surface area contributed by atoms with Crippen LogP contribution in [0.1, 0.15) is 32.3 Å². The molecule has 0 radical (unpaired) electrons. The number of benzene rings is 2. The number of rotatable bonds is 8. The number of aliphatic hydroxyl groups is 2. The van der Waals surface area contributed by atoms with Gasteiger partial charge in [0, 0.05) is 31.1 Å². The van der Waals surface area contributed by atoms with Gasteiger partial charge >= 0.3 is 0 Å². The second-order valence-corrected chi connectivity index (χ2v) is 7.81. The molecule has 156 valence electrons. The van der Waals surface area contributed by atoms with Crippen LogP contribution in [-0.2, 0) is 11.3 Å². The number of nitrogens with zero attached hydrogens (tertiary/aromatic N) is 1. The van der Waals surface area contributed by atoms with Gasteiger partial charge in [-0.05, 0) is 55.8 Å². The molecular weight excluding hydrogens is 373 g/mol. The van der Waals surface area contributed by atoms with Crippen LogP contribution in [0.5, 0.6) is 5.75 Å². The highest BCUT2D eigenvalue weighted by Crippen LogP contribution is 2.26. The molecule has 6 heteroatoms. The van der Waals surface area contributed by atoms with Crippen LogP contribution in [-0.4, -0.2) is 35.2 Å². The first-order valence-corrected chi connectivity index (χ1v) is 9.78. The summed E-state index contributed by atoms with van der Waals surface area (Å²) in [5.74, 6) is 1.18. The summed E-state index contributed by atoms with van der Waals surface area (Å²) in [6.45, 7) is 4.90. The molecule has 0 bridgehead atoms. The summed E-state index contributed by atoms with van der Waals surface area (Å²) >= 11 is 0. The molecule has 1 atom stereocenters. The van der Waals surface area contributed by atoms with Crippen LogP contribution in [0.25, 0.3) is 0 Å². The second-order valence-electron chi connectivity index (χ2n) is 7.81. The summed E-state index contributed by atoms with van der Waals surface area (Å²) in [6, 6.07) is 13.7. The van der Waals surface area contributed by atoms with Crippen molar-refractivity contribution in [3.63, 3.8) is 0 Å². The van der Waals surface area contributed by atoms with Gasteiger partial charge in [0.15, 0.2) is 0 Å². The molecular formula is C23H28FNO4. The van der Waals surface area contributed by atoms with E-state index in [1.54, 1.807) is 32.1 Å². The van der Waals surface area contributed by atoms with E-state index in [1.165, 1.54) is 12.1 Å². The van der Waals surface area contributed by atoms with Crippen molar-refractivity contribution in [2.24, 2.45) is 0 Å². The summed E-state index contributed by atoms with van der Waals surface area (Å²) < 4.78 is 24.4. The maximum absolute atomic E-state index is 13.0. The van der Waals surface area contributed by atoms with E-state index >= 15 is 0 Å². The van der Waals surface area contributed by atoms with Gasteiger partial charge in [-0.3, -0.25) is 0 Å². The van der Waals surface area contributed by atoms with Crippen molar-refractivity contribution >= 4 is 5.69 Å². The van der Waals surface area contributed by atoms with Gasteiger partial charge in [-0.2, -0.15) is 0 Å². The highest BCUT2D eigenvalue weighted by molar-refractivity contribution is 5.51. The monoisotopic (exact) mass is 401 g/mol. The Morgan fingerprint density at radius 2 is 1.76 bits per heavy atom. The average molecular weight is 401 g/mol. The van der Waals surface area contributed by atoms with Gasteiger partial charge in [0.25, 0.3) is 0 Å². The maximum Gasteiger partial charge on any atom is 0.149 e. The zero-order valence-corrected chi connectivity index (χ0v) is 16.8. The summed E-state index contributed by atoms with van der Waals surface area (Å²) in [5.41, 5.74) is 1.02. The summed E-state index contributed by atoms with van der Waals surface area (Å²) in [7, 11) is 0. The molecule has 29 heavy (non-hydrogen) atoms. The molecule has 1 heterocycles. The summed E-state index contributed by atoms with van der Waals surface area (Å²) in [6.07, 6.45) is 2.13. The smallest absolute Gasteiger partial charge is 0.149 e. The molecule has 2 aromatic rings. The van der Waals surface area contributed by atoms with Crippen molar-refractivity contribution in [3.05, 3.63) is 71.7 Å². The standard InChI is InChI=1S/C23H28FNO4/c1-23(2,27)12-14-28-20-9-7-19(8-10-20)25-13-11-21(15-22(25)26)29-16-17-3-5-18(24)6-4-17/h3-10,15,22,26-27H,11-14,16H2,1-2H3. The molecule has 2 aromatic carbocycles. The fraction of sp³-hybridized carbons (Fsp3) is 0.391. The van der Waals surface area contributed by atoms with Crippen LogP contribution in [0.15, 0.2) is 60.4 Å². The Balaban J connectivity index is 1.52. The minimum Gasteiger partial charge on any atom is -0.493 e. The van der Waals surface area contributed by atoms with E-state index in [4.69, 9.17) is 9.47 Å². The molecule has 1 aliphatic heterocycles. The van der Waals surface area contributed by atoms with E-state index < -0.39 is 11.8 Å². The van der Waals surface area contributed by atoms with Gasteiger partial charge in [-0.15, -0.1) is 0 Å². The second kappa shape index (κ2) is 9.29. The molecule has 0 spiro atoms. The lowest BCUT2D eigenvalue weighted by Crippen LogP contribution is -2.38. The van der Waals surface area contributed by atoms with E-state index in [0.717, 1.165) is 22.8 Å². The Morgan fingerprint density at radius 1 is 1.07 bits per heavy atom. The molecule has 0 aliphatic carbocycles. The number of aliphatic hydroxyl groups excluding tert-OH is 1. The molecule has 0 amide bonds. The molecule has 0 fully saturated rings. The van der Waals surface area contributed by atoms with Gasteiger partial charge < -0.3 is 24.6 Å². The molecule has 1 aliphatic rings. The van der Waals surface area contributed by atoms with Gasteiger partial charge in [-0.25, -0.2) is 4.39 Å². The van der Waals surface area contributed by atoms with E-state index in [2.05, 4.69) is 0 Å². The fourth-order valence-electron chi connectivity index (χ4n) is 3.01. The molecule has 1 unspecified atom stereocenters. The Labute approximate surface area is 171 Å². The summed E-state index contributed by atoms with van der Waals surface area (Å²) in [5, 5.41) is 20.2. The van der Waals surface area contributed by atoms with Crippen molar-refractivity contribution in [2.75, 3.05) is 18.1 Å². The lowest BCUT2D eigenvalue weighted by Gasteiger charge is -2.33. The Bertz CT molecular complexity index is 812. The molecule has 0 aromatic heterocycles. The first kappa shape index (κ1) is 21.1. The summed E-state index contributed by atoms with van der Waals surface area (Å²) in [4.78, 5) is 1.88. The van der Waals surface area contributed by atoms with Gasteiger partial charge in [0.05, 0.1) is 18.0 Å². The lowest BCUT2D eigenvalue weighted by atomic mass is 10.1. The maximum atomic E-state index is 13.0. The van der Waals surface area contributed by atoms with Crippen molar-refractivity contribution in [1.82, 2.24) is 0 Å². The van der Waals surface area contributed by atoms with E-state index in [1.807, 2.05) is 29.2 Å². The van der Waals surface area contributed by atoms with Gasteiger partial charge in [0.2, 0.25) is 0 Å². The van der Waals surface area contributed by atoms with Crippen LogP contribution in [0, 0.1) is 5.82 Å². The highest BCUT2D eigenvalue weighted by Gasteiger charge is 2.21. The normalized spacial score (nSPS) is 17.1. The van der Waals surface area contributed by atoms with E-state index in [9.17, 15) is 14.6 Å². The molecule has 5 nitrogen and oxygen atoms in total. The van der Waals surface area contributed by atoms with Crippen LogP contribution in [0.4, 0.5) is 10.1 Å².